The third kappa shape index (κ3) is 4.64. The first-order valence-corrected chi connectivity index (χ1v) is 9.82. The van der Waals surface area contributed by atoms with E-state index < -0.39 is 12.1 Å². The monoisotopic (exact) mass is 432 g/mol. The second-order valence-electron chi connectivity index (χ2n) is 6.93. The minimum absolute atomic E-state index is 0.00425. The summed E-state index contributed by atoms with van der Waals surface area (Å²) >= 11 is 17.7. The van der Waals surface area contributed by atoms with Gasteiger partial charge in [-0.25, -0.2) is 0 Å². The Hall–Kier alpha value is -1.16. The van der Waals surface area contributed by atoms with Crippen LogP contribution in [0.1, 0.15) is 53.9 Å². The Morgan fingerprint density at radius 1 is 1.07 bits per heavy atom. The lowest BCUT2D eigenvalue weighted by Gasteiger charge is -2.22. The highest BCUT2D eigenvalue weighted by molar-refractivity contribution is 6.48. The average Bonchev–Trinajstić information content (AvgIpc) is 2.58. The number of benzene rings is 2. The molecule has 0 fully saturated rings. The largest absolute Gasteiger partial charge is 0.399 e. The third-order valence-corrected chi connectivity index (χ3v) is 6.18. The number of halogens is 6. The quantitative estimate of drug-likeness (QED) is 0.426. The normalized spacial score (nSPS) is 18.6. The fourth-order valence-corrected chi connectivity index (χ4v) is 4.17. The molecule has 0 amide bonds. The van der Waals surface area contributed by atoms with Crippen molar-refractivity contribution in [3.05, 3.63) is 73.7 Å². The van der Waals surface area contributed by atoms with Gasteiger partial charge in [0, 0.05) is 0 Å². The van der Waals surface area contributed by atoms with E-state index >= 15 is 0 Å². The molecule has 27 heavy (non-hydrogen) atoms. The SMILES string of the molecule is CC1CCCc2cc(/C=C/C(c3cc(Cl)c(Cl)c(Cl)c3)C(F)(F)F)ccc21. The molecule has 3 rings (SSSR count). The fraction of sp³-hybridized carbons (Fsp3) is 0.333. The highest BCUT2D eigenvalue weighted by atomic mass is 35.5. The van der Waals surface area contributed by atoms with Gasteiger partial charge >= 0.3 is 6.18 Å². The highest BCUT2D eigenvalue weighted by Gasteiger charge is 2.39. The molecule has 0 saturated carbocycles. The van der Waals surface area contributed by atoms with E-state index in [1.165, 1.54) is 29.3 Å². The first kappa shape index (κ1) is 20.6. The Kier molecular flexibility index (Phi) is 6.14. The lowest BCUT2D eigenvalue weighted by molar-refractivity contribution is -0.139. The molecule has 1 aliphatic carbocycles. The van der Waals surface area contributed by atoms with Crippen LogP contribution in [-0.2, 0) is 6.42 Å². The molecule has 2 atom stereocenters. The van der Waals surface area contributed by atoms with Crippen molar-refractivity contribution in [2.45, 2.75) is 44.2 Å². The maximum absolute atomic E-state index is 13.6. The molecular weight excluding hydrogens is 416 g/mol. The lowest BCUT2D eigenvalue weighted by Crippen LogP contribution is -2.19. The number of aryl methyl sites for hydroxylation is 1. The summed E-state index contributed by atoms with van der Waals surface area (Å²) < 4.78 is 40.9. The first-order valence-electron chi connectivity index (χ1n) is 8.69. The minimum Gasteiger partial charge on any atom is -0.170 e. The third-order valence-electron chi connectivity index (χ3n) is 4.98. The van der Waals surface area contributed by atoms with Crippen LogP contribution in [0.15, 0.2) is 36.4 Å². The van der Waals surface area contributed by atoms with Gasteiger partial charge in [0.1, 0.15) is 0 Å². The molecule has 6 heteroatoms. The molecule has 0 bridgehead atoms. The second-order valence-corrected chi connectivity index (χ2v) is 8.12. The topological polar surface area (TPSA) is 0 Å². The van der Waals surface area contributed by atoms with Gasteiger partial charge in [-0.2, -0.15) is 13.2 Å². The molecule has 0 radical (unpaired) electrons. The zero-order valence-electron chi connectivity index (χ0n) is 14.6. The summed E-state index contributed by atoms with van der Waals surface area (Å²) in [7, 11) is 0. The van der Waals surface area contributed by atoms with E-state index in [-0.39, 0.29) is 20.6 Å². The summed E-state index contributed by atoms with van der Waals surface area (Å²) in [5.41, 5.74) is 3.23. The van der Waals surface area contributed by atoms with Crippen LogP contribution in [0.25, 0.3) is 6.08 Å². The number of allylic oxidation sites excluding steroid dienone is 1. The van der Waals surface area contributed by atoms with Gasteiger partial charge < -0.3 is 0 Å². The van der Waals surface area contributed by atoms with Crippen LogP contribution in [0.5, 0.6) is 0 Å². The van der Waals surface area contributed by atoms with Gasteiger partial charge in [0.15, 0.2) is 0 Å². The molecule has 2 aromatic rings. The number of hydrogen-bond donors (Lipinski definition) is 0. The van der Waals surface area contributed by atoms with Gasteiger partial charge in [0.25, 0.3) is 0 Å². The van der Waals surface area contributed by atoms with Crippen LogP contribution in [0.4, 0.5) is 13.2 Å². The molecule has 0 aromatic heterocycles. The Morgan fingerprint density at radius 2 is 1.74 bits per heavy atom. The van der Waals surface area contributed by atoms with Crippen LogP contribution in [0.3, 0.4) is 0 Å². The van der Waals surface area contributed by atoms with E-state index in [9.17, 15) is 13.2 Å². The molecule has 2 aromatic carbocycles. The summed E-state index contributed by atoms with van der Waals surface area (Å²) in [6.45, 7) is 2.18. The Labute approximate surface area is 171 Å². The van der Waals surface area contributed by atoms with Crippen molar-refractivity contribution < 1.29 is 13.2 Å². The lowest BCUT2D eigenvalue weighted by atomic mass is 9.83. The van der Waals surface area contributed by atoms with E-state index in [0.29, 0.717) is 5.92 Å². The van der Waals surface area contributed by atoms with Crippen LogP contribution in [0, 0.1) is 0 Å². The molecule has 2 unspecified atom stereocenters. The number of hydrogen-bond acceptors (Lipinski definition) is 0. The molecule has 0 heterocycles. The van der Waals surface area contributed by atoms with Crippen molar-refractivity contribution in [2.75, 3.05) is 0 Å². The summed E-state index contributed by atoms with van der Waals surface area (Å²) in [6.07, 6.45) is 1.40. The minimum atomic E-state index is -4.47. The second kappa shape index (κ2) is 8.06. The van der Waals surface area contributed by atoms with E-state index in [1.54, 1.807) is 0 Å². The van der Waals surface area contributed by atoms with Crippen molar-refractivity contribution in [3.63, 3.8) is 0 Å². The standard InChI is InChI=1S/C21H18Cl3F3/c1-12-3-2-4-14-9-13(5-7-16(12)14)6-8-17(21(25,26)27)15-10-18(22)20(24)19(23)11-15/h5-12,17H,2-4H2,1H3/b8-6+. The molecule has 0 spiro atoms. The fourth-order valence-electron chi connectivity index (χ4n) is 3.55. The van der Waals surface area contributed by atoms with Crippen molar-refractivity contribution in [1.82, 2.24) is 0 Å². The van der Waals surface area contributed by atoms with E-state index in [0.717, 1.165) is 30.9 Å². The van der Waals surface area contributed by atoms with Gasteiger partial charge in [-0.15, -0.1) is 0 Å². The number of alkyl halides is 3. The Bertz CT molecular complexity index is 848. The smallest absolute Gasteiger partial charge is 0.170 e. The highest BCUT2D eigenvalue weighted by Crippen LogP contribution is 2.41. The van der Waals surface area contributed by atoms with Gasteiger partial charge in [-0.3, -0.25) is 0 Å². The number of rotatable bonds is 3. The predicted octanol–water partition coefficient (Wildman–Crippen LogP) is 8.45. The van der Waals surface area contributed by atoms with E-state index in [1.807, 2.05) is 18.2 Å². The molecular formula is C21H18Cl3F3. The van der Waals surface area contributed by atoms with Crippen LogP contribution < -0.4 is 0 Å². The Morgan fingerprint density at radius 3 is 2.37 bits per heavy atom. The molecule has 0 aliphatic heterocycles. The molecule has 0 nitrogen and oxygen atoms in total. The molecule has 144 valence electrons. The maximum atomic E-state index is 13.6. The van der Waals surface area contributed by atoms with E-state index in [4.69, 9.17) is 34.8 Å². The number of fused-ring (bicyclic) bond motifs is 1. The molecule has 0 N–H and O–H groups in total. The summed E-state index contributed by atoms with van der Waals surface area (Å²) in [5, 5.41) is 0.0602. The predicted molar refractivity (Wildman–Crippen MR) is 107 cm³/mol. The van der Waals surface area contributed by atoms with Gasteiger partial charge in [0.2, 0.25) is 0 Å². The van der Waals surface area contributed by atoms with Crippen molar-refractivity contribution >= 4 is 40.9 Å². The molecule has 1 aliphatic rings. The summed E-state index contributed by atoms with van der Waals surface area (Å²) in [5.74, 6) is -1.33. The van der Waals surface area contributed by atoms with Crippen LogP contribution in [0.2, 0.25) is 15.1 Å². The first-order chi connectivity index (χ1) is 12.7. The average molecular weight is 434 g/mol. The molecule has 0 saturated heterocycles. The zero-order chi connectivity index (χ0) is 19.8. The maximum Gasteiger partial charge on any atom is 0.399 e. The summed E-state index contributed by atoms with van der Waals surface area (Å²) in [6, 6.07) is 8.31. The van der Waals surface area contributed by atoms with Crippen molar-refractivity contribution in [1.29, 1.82) is 0 Å². The van der Waals surface area contributed by atoms with Crippen LogP contribution in [-0.4, -0.2) is 6.18 Å². The van der Waals surface area contributed by atoms with Gasteiger partial charge in [-0.05, 0) is 59.6 Å². The van der Waals surface area contributed by atoms with E-state index in [2.05, 4.69) is 6.92 Å². The zero-order valence-corrected chi connectivity index (χ0v) is 16.9. The van der Waals surface area contributed by atoms with Crippen molar-refractivity contribution in [2.24, 2.45) is 0 Å². The van der Waals surface area contributed by atoms with Gasteiger partial charge in [0.05, 0.1) is 21.0 Å². The van der Waals surface area contributed by atoms with Gasteiger partial charge in [-0.1, -0.05) is 72.1 Å². The summed E-state index contributed by atoms with van der Waals surface area (Å²) in [4.78, 5) is 0. The van der Waals surface area contributed by atoms with Crippen molar-refractivity contribution in [3.8, 4) is 0 Å². The Balaban J connectivity index is 1.94. The van der Waals surface area contributed by atoms with Crippen LogP contribution >= 0.6 is 34.8 Å².